The van der Waals surface area contributed by atoms with Crippen molar-refractivity contribution in [1.82, 2.24) is 0 Å². The van der Waals surface area contributed by atoms with Crippen molar-refractivity contribution in [3.8, 4) is 0 Å². The zero-order valence-corrected chi connectivity index (χ0v) is 8.56. The summed E-state index contributed by atoms with van der Waals surface area (Å²) in [5.41, 5.74) is 2.93. The summed E-state index contributed by atoms with van der Waals surface area (Å²) >= 11 is 0. The van der Waals surface area contributed by atoms with Gasteiger partial charge in [-0.15, -0.1) is 0 Å². The van der Waals surface area contributed by atoms with Gasteiger partial charge in [-0.05, 0) is 31.8 Å². The van der Waals surface area contributed by atoms with Crippen molar-refractivity contribution in [3.05, 3.63) is 36.0 Å². The molecule has 0 heterocycles. The van der Waals surface area contributed by atoms with E-state index < -0.39 is 0 Å². The van der Waals surface area contributed by atoms with Gasteiger partial charge < -0.3 is 0 Å². The highest BCUT2D eigenvalue weighted by atomic mass is 14.1. The second kappa shape index (κ2) is 6.90. The van der Waals surface area contributed by atoms with Crippen molar-refractivity contribution in [1.29, 1.82) is 0 Å². The average Bonchev–Trinajstić information content (AvgIpc) is 2.09. The molecule has 0 nitrogen and oxygen atoms in total. The van der Waals surface area contributed by atoms with E-state index in [4.69, 9.17) is 0 Å². The van der Waals surface area contributed by atoms with Gasteiger partial charge >= 0.3 is 0 Å². The lowest BCUT2D eigenvalue weighted by Gasteiger charge is -2.10. The van der Waals surface area contributed by atoms with Crippen LogP contribution in [0.15, 0.2) is 36.0 Å². The molecule has 0 aromatic heterocycles. The van der Waals surface area contributed by atoms with Crippen molar-refractivity contribution in [2.45, 2.75) is 40.0 Å². The maximum atomic E-state index is 3.67. The second-order valence-corrected chi connectivity index (χ2v) is 2.82. The Morgan fingerprint density at radius 2 is 2.00 bits per heavy atom. The van der Waals surface area contributed by atoms with Crippen molar-refractivity contribution < 1.29 is 0 Å². The lowest BCUT2D eigenvalue weighted by Crippen LogP contribution is -1.90. The fraction of sp³-hybridized carbons (Fsp3) is 0.500. The predicted octanol–water partition coefficient (Wildman–Crippen LogP) is 4.26. The van der Waals surface area contributed by atoms with Gasteiger partial charge in [-0.1, -0.05) is 44.2 Å². The highest BCUT2D eigenvalue weighted by Gasteiger charge is 2.01. The molecule has 68 valence electrons. The molecule has 0 amide bonds. The van der Waals surface area contributed by atoms with Crippen LogP contribution in [-0.4, -0.2) is 0 Å². The van der Waals surface area contributed by atoms with Gasteiger partial charge in [0.25, 0.3) is 0 Å². The van der Waals surface area contributed by atoms with Gasteiger partial charge in [0.05, 0.1) is 0 Å². The molecule has 0 aromatic carbocycles. The molecular formula is C12H20. The maximum absolute atomic E-state index is 3.67. The summed E-state index contributed by atoms with van der Waals surface area (Å²) < 4.78 is 0. The van der Waals surface area contributed by atoms with Crippen LogP contribution in [0.3, 0.4) is 0 Å². The Morgan fingerprint density at radius 3 is 2.50 bits per heavy atom. The molecule has 0 aromatic rings. The molecule has 12 heavy (non-hydrogen) atoms. The first kappa shape index (κ1) is 11.2. The van der Waals surface area contributed by atoms with Crippen LogP contribution in [0.1, 0.15) is 40.0 Å². The fourth-order valence-electron chi connectivity index (χ4n) is 1.31. The average molecular weight is 164 g/mol. The van der Waals surface area contributed by atoms with E-state index in [1.54, 1.807) is 0 Å². The smallest absolute Gasteiger partial charge is 0.0276 e. The van der Waals surface area contributed by atoms with Crippen LogP contribution in [0.4, 0.5) is 0 Å². The molecule has 0 atom stereocenters. The molecule has 1 aliphatic carbocycles. The number of hydrogen-bond acceptors (Lipinski definition) is 0. The van der Waals surface area contributed by atoms with E-state index >= 15 is 0 Å². The standard InChI is InChI=1S/C10H14.C2H6/c1-3-5-10-7-4-6-9(2)8-10;1-2/h3,5,8H,1,4,6-7H2,2H3;1-2H3/b10-5+;. The van der Waals surface area contributed by atoms with Crippen LogP contribution >= 0.6 is 0 Å². The molecule has 0 saturated heterocycles. The van der Waals surface area contributed by atoms with Crippen molar-refractivity contribution in [2.75, 3.05) is 0 Å². The molecular weight excluding hydrogens is 144 g/mol. The van der Waals surface area contributed by atoms with E-state index in [9.17, 15) is 0 Å². The first-order chi connectivity index (χ1) is 5.83. The highest BCUT2D eigenvalue weighted by Crippen LogP contribution is 2.21. The van der Waals surface area contributed by atoms with Gasteiger partial charge in [0.15, 0.2) is 0 Å². The van der Waals surface area contributed by atoms with Crippen LogP contribution in [0, 0.1) is 0 Å². The number of allylic oxidation sites excluding steroid dienone is 5. The minimum absolute atomic E-state index is 1.23. The minimum atomic E-state index is 1.23. The third-order valence-corrected chi connectivity index (χ3v) is 1.80. The van der Waals surface area contributed by atoms with Crippen LogP contribution in [0.2, 0.25) is 0 Å². The van der Waals surface area contributed by atoms with Gasteiger partial charge in [-0.2, -0.15) is 0 Å². The SMILES string of the molecule is C=C/C=C1/C=C(C)CCC1.CC. The molecule has 0 N–H and O–H groups in total. The zero-order chi connectivity index (χ0) is 9.40. The van der Waals surface area contributed by atoms with E-state index in [0.717, 1.165) is 0 Å². The second-order valence-electron chi connectivity index (χ2n) is 2.82. The molecule has 0 radical (unpaired) electrons. The Bertz CT molecular complexity index is 182. The molecule has 0 spiro atoms. The van der Waals surface area contributed by atoms with E-state index in [-0.39, 0.29) is 0 Å². The van der Waals surface area contributed by atoms with Gasteiger partial charge in [0.2, 0.25) is 0 Å². The molecule has 0 saturated carbocycles. The fourth-order valence-corrected chi connectivity index (χ4v) is 1.31. The van der Waals surface area contributed by atoms with Crippen LogP contribution in [-0.2, 0) is 0 Å². The monoisotopic (exact) mass is 164 g/mol. The molecule has 0 fully saturated rings. The van der Waals surface area contributed by atoms with Crippen LogP contribution in [0.25, 0.3) is 0 Å². The summed E-state index contributed by atoms with van der Waals surface area (Å²) in [6.07, 6.45) is 10.0. The van der Waals surface area contributed by atoms with Gasteiger partial charge in [0, 0.05) is 0 Å². The third kappa shape index (κ3) is 4.17. The van der Waals surface area contributed by atoms with Gasteiger partial charge in [-0.3, -0.25) is 0 Å². The van der Waals surface area contributed by atoms with E-state index in [0.29, 0.717) is 0 Å². The van der Waals surface area contributed by atoms with E-state index in [2.05, 4.69) is 25.7 Å². The lowest BCUT2D eigenvalue weighted by molar-refractivity contribution is 0.784. The summed E-state index contributed by atoms with van der Waals surface area (Å²) in [4.78, 5) is 0. The number of hydrogen-bond donors (Lipinski definition) is 0. The van der Waals surface area contributed by atoms with Crippen LogP contribution < -0.4 is 0 Å². The van der Waals surface area contributed by atoms with Gasteiger partial charge in [-0.25, -0.2) is 0 Å². The Kier molecular flexibility index (Phi) is 6.45. The maximum Gasteiger partial charge on any atom is -0.0276 e. The lowest BCUT2D eigenvalue weighted by atomic mass is 9.96. The summed E-state index contributed by atoms with van der Waals surface area (Å²) in [7, 11) is 0. The van der Waals surface area contributed by atoms with E-state index in [1.807, 2.05) is 19.9 Å². The third-order valence-electron chi connectivity index (χ3n) is 1.80. The first-order valence-electron chi connectivity index (χ1n) is 4.81. The van der Waals surface area contributed by atoms with Crippen molar-refractivity contribution in [3.63, 3.8) is 0 Å². The Balaban J connectivity index is 0.000000561. The molecule has 0 bridgehead atoms. The molecule has 1 aliphatic rings. The molecule has 0 unspecified atom stereocenters. The minimum Gasteiger partial charge on any atom is -0.0991 e. The largest absolute Gasteiger partial charge is 0.0991 e. The van der Waals surface area contributed by atoms with Crippen LogP contribution in [0.5, 0.6) is 0 Å². The van der Waals surface area contributed by atoms with E-state index in [1.165, 1.54) is 30.4 Å². The van der Waals surface area contributed by atoms with Crippen molar-refractivity contribution >= 4 is 0 Å². The van der Waals surface area contributed by atoms with Crippen molar-refractivity contribution in [2.24, 2.45) is 0 Å². The number of rotatable bonds is 1. The normalized spacial score (nSPS) is 19.2. The summed E-state index contributed by atoms with van der Waals surface area (Å²) in [6.45, 7) is 9.86. The zero-order valence-electron chi connectivity index (χ0n) is 8.56. The molecule has 0 heteroatoms. The summed E-state index contributed by atoms with van der Waals surface area (Å²) in [6, 6.07) is 0. The summed E-state index contributed by atoms with van der Waals surface area (Å²) in [5.74, 6) is 0. The molecule has 1 rings (SSSR count). The predicted molar refractivity (Wildman–Crippen MR) is 57.2 cm³/mol. The quantitative estimate of drug-likeness (QED) is 0.543. The Hall–Kier alpha value is -0.780. The first-order valence-corrected chi connectivity index (χ1v) is 4.81. The highest BCUT2D eigenvalue weighted by molar-refractivity contribution is 5.28. The van der Waals surface area contributed by atoms with Gasteiger partial charge in [0.1, 0.15) is 0 Å². The Morgan fingerprint density at radius 1 is 1.33 bits per heavy atom. The molecule has 0 aliphatic heterocycles. The summed E-state index contributed by atoms with van der Waals surface area (Å²) in [5, 5.41) is 0. The topological polar surface area (TPSA) is 0 Å². The Labute approximate surface area is 76.7 Å².